The molecule has 0 spiro atoms. The van der Waals surface area contributed by atoms with Crippen molar-refractivity contribution in [2.75, 3.05) is 0 Å². The van der Waals surface area contributed by atoms with Crippen molar-refractivity contribution in [3.05, 3.63) is 54.1 Å². The van der Waals surface area contributed by atoms with Crippen LogP contribution in [-0.4, -0.2) is 5.97 Å². The van der Waals surface area contributed by atoms with E-state index in [0.717, 1.165) is 30.4 Å². The van der Waals surface area contributed by atoms with Crippen molar-refractivity contribution in [3.63, 3.8) is 0 Å². The van der Waals surface area contributed by atoms with Gasteiger partial charge in [0.1, 0.15) is 5.75 Å². The molecule has 2 aromatic rings. The Labute approximate surface area is 181 Å². The van der Waals surface area contributed by atoms with Gasteiger partial charge < -0.3 is 4.74 Å². The summed E-state index contributed by atoms with van der Waals surface area (Å²) in [4.78, 5) is 12.7. The highest BCUT2D eigenvalue weighted by atomic mass is 16.5. The number of ether oxygens (including phenoxy) is 1. The number of benzene rings is 2. The summed E-state index contributed by atoms with van der Waals surface area (Å²) in [5.41, 5.74) is 2.63. The maximum atomic E-state index is 12.7. The zero-order chi connectivity index (χ0) is 21.4. The molecule has 0 heterocycles. The maximum Gasteiger partial charge on any atom is 0.331 e. The minimum atomic E-state index is -0.997. The van der Waals surface area contributed by atoms with Crippen LogP contribution in [0.25, 0.3) is 11.1 Å². The highest BCUT2D eigenvalue weighted by molar-refractivity contribution is 5.82. The fourth-order valence-corrected chi connectivity index (χ4v) is 4.42. The van der Waals surface area contributed by atoms with E-state index in [1.807, 2.05) is 24.3 Å². The van der Waals surface area contributed by atoms with Gasteiger partial charge >= 0.3 is 5.97 Å². The Morgan fingerprint density at radius 3 is 2.33 bits per heavy atom. The molecule has 0 N–H and O–H groups in total. The van der Waals surface area contributed by atoms with Crippen molar-refractivity contribution < 1.29 is 9.53 Å². The van der Waals surface area contributed by atoms with Crippen LogP contribution in [-0.2, 0) is 11.2 Å². The normalized spacial score (nSPS) is 21.0. The quantitative estimate of drug-likeness (QED) is 0.268. The number of nitriles is 1. The molecule has 0 aliphatic heterocycles. The van der Waals surface area contributed by atoms with Crippen LogP contribution in [0.3, 0.4) is 0 Å². The Morgan fingerprint density at radius 1 is 1.07 bits per heavy atom. The standard InChI is InChI=1S/C27H33NO2/c1-3-4-5-6-9-22-10-12-23(13-11-22)24-14-16-25(17-15-24)30-26(29)27(20-28)18-7-8-21(2)19-27/h10-17,21H,3-9,18-19H2,1-2H3. The van der Waals surface area contributed by atoms with Crippen molar-refractivity contribution >= 4 is 5.97 Å². The fourth-order valence-electron chi connectivity index (χ4n) is 4.42. The number of hydrogen-bond acceptors (Lipinski definition) is 3. The third kappa shape index (κ3) is 5.51. The van der Waals surface area contributed by atoms with E-state index >= 15 is 0 Å². The first-order valence-corrected chi connectivity index (χ1v) is 11.4. The lowest BCUT2D eigenvalue weighted by Gasteiger charge is -2.31. The molecule has 158 valence electrons. The van der Waals surface area contributed by atoms with Gasteiger partial charge in [-0.05, 0) is 60.4 Å². The van der Waals surface area contributed by atoms with Gasteiger partial charge in [0.25, 0.3) is 0 Å². The monoisotopic (exact) mass is 403 g/mol. The Balaban J connectivity index is 1.61. The molecule has 2 aromatic carbocycles. The summed E-state index contributed by atoms with van der Waals surface area (Å²) in [6, 6.07) is 18.6. The van der Waals surface area contributed by atoms with Gasteiger partial charge in [0, 0.05) is 0 Å². The molecule has 0 bridgehead atoms. The number of esters is 1. The van der Waals surface area contributed by atoms with Crippen molar-refractivity contribution in [2.24, 2.45) is 11.3 Å². The van der Waals surface area contributed by atoms with Crippen molar-refractivity contribution in [1.29, 1.82) is 5.26 Å². The largest absolute Gasteiger partial charge is 0.425 e. The first-order valence-electron chi connectivity index (χ1n) is 11.4. The average molecular weight is 404 g/mol. The van der Waals surface area contributed by atoms with Gasteiger partial charge in [-0.3, -0.25) is 0 Å². The number of nitrogens with zero attached hydrogens (tertiary/aromatic N) is 1. The molecule has 0 aromatic heterocycles. The molecular formula is C27H33NO2. The van der Waals surface area contributed by atoms with Crippen LogP contribution in [0.5, 0.6) is 5.75 Å². The second-order valence-electron chi connectivity index (χ2n) is 8.82. The molecule has 1 fully saturated rings. The van der Waals surface area contributed by atoms with E-state index in [0.29, 0.717) is 24.5 Å². The molecular weight excluding hydrogens is 370 g/mol. The molecule has 3 heteroatoms. The third-order valence-electron chi connectivity index (χ3n) is 6.27. The van der Waals surface area contributed by atoms with Crippen LogP contribution in [0, 0.1) is 22.7 Å². The molecule has 1 aliphatic rings. The van der Waals surface area contributed by atoms with Crippen LogP contribution in [0.4, 0.5) is 0 Å². The van der Waals surface area contributed by atoms with Gasteiger partial charge in [0.2, 0.25) is 0 Å². The number of rotatable bonds is 8. The molecule has 0 radical (unpaired) electrons. The molecule has 0 saturated heterocycles. The molecule has 1 aliphatic carbocycles. The predicted octanol–water partition coefficient (Wildman–Crippen LogP) is 7.10. The van der Waals surface area contributed by atoms with Crippen molar-refractivity contribution in [3.8, 4) is 22.9 Å². The summed E-state index contributed by atoms with van der Waals surface area (Å²) < 4.78 is 5.61. The van der Waals surface area contributed by atoms with E-state index < -0.39 is 11.4 Å². The zero-order valence-electron chi connectivity index (χ0n) is 18.3. The van der Waals surface area contributed by atoms with Crippen LogP contribution < -0.4 is 4.74 Å². The lowest BCUT2D eigenvalue weighted by Crippen LogP contribution is -2.37. The summed E-state index contributed by atoms with van der Waals surface area (Å²) in [7, 11) is 0. The third-order valence-corrected chi connectivity index (χ3v) is 6.27. The van der Waals surface area contributed by atoms with E-state index in [1.165, 1.54) is 31.2 Å². The summed E-state index contributed by atoms with van der Waals surface area (Å²) in [6.45, 7) is 4.34. The molecule has 1 saturated carbocycles. The molecule has 30 heavy (non-hydrogen) atoms. The Bertz CT molecular complexity index is 863. The number of aryl methyl sites for hydroxylation is 1. The zero-order valence-corrected chi connectivity index (χ0v) is 18.3. The highest BCUT2D eigenvalue weighted by Crippen LogP contribution is 2.40. The van der Waals surface area contributed by atoms with Gasteiger partial charge in [0.15, 0.2) is 5.41 Å². The molecule has 2 atom stereocenters. The van der Waals surface area contributed by atoms with Crippen molar-refractivity contribution in [1.82, 2.24) is 0 Å². The minimum Gasteiger partial charge on any atom is -0.425 e. The predicted molar refractivity (Wildman–Crippen MR) is 121 cm³/mol. The maximum absolute atomic E-state index is 12.7. The Morgan fingerprint density at radius 2 is 1.73 bits per heavy atom. The van der Waals surface area contributed by atoms with E-state index in [4.69, 9.17) is 4.74 Å². The van der Waals surface area contributed by atoms with Gasteiger partial charge in [0.05, 0.1) is 6.07 Å². The average Bonchev–Trinajstić information content (AvgIpc) is 2.77. The van der Waals surface area contributed by atoms with Gasteiger partial charge in [-0.15, -0.1) is 0 Å². The van der Waals surface area contributed by atoms with Crippen LogP contribution in [0.15, 0.2) is 48.5 Å². The highest BCUT2D eigenvalue weighted by Gasteiger charge is 2.43. The summed E-state index contributed by atoms with van der Waals surface area (Å²) in [6.07, 6.45) is 9.40. The molecule has 3 nitrogen and oxygen atoms in total. The summed E-state index contributed by atoms with van der Waals surface area (Å²) in [5, 5.41) is 9.65. The van der Waals surface area contributed by atoms with Gasteiger partial charge in [-0.25, -0.2) is 4.79 Å². The van der Waals surface area contributed by atoms with E-state index in [1.54, 1.807) is 0 Å². The fraction of sp³-hybridized carbons (Fsp3) is 0.481. The van der Waals surface area contributed by atoms with Crippen molar-refractivity contribution in [2.45, 2.75) is 71.6 Å². The van der Waals surface area contributed by atoms with E-state index in [9.17, 15) is 10.1 Å². The second kappa shape index (κ2) is 10.4. The number of carbonyl (C=O) groups is 1. The van der Waals surface area contributed by atoms with Crippen LogP contribution in [0.2, 0.25) is 0 Å². The Kier molecular flexibility index (Phi) is 7.69. The summed E-state index contributed by atoms with van der Waals surface area (Å²) >= 11 is 0. The first kappa shape index (κ1) is 22.1. The Hall–Kier alpha value is -2.60. The van der Waals surface area contributed by atoms with Gasteiger partial charge in [-0.1, -0.05) is 82.3 Å². The minimum absolute atomic E-state index is 0.378. The SMILES string of the molecule is CCCCCCc1ccc(-c2ccc(OC(=O)C3(C#N)CCCC(C)C3)cc2)cc1. The second-order valence-corrected chi connectivity index (χ2v) is 8.82. The molecule has 0 amide bonds. The lowest BCUT2D eigenvalue weighted by molar-refractivity contribution is -0.144. The van der Waals surface area contributed by atoms with Gasteiger partial charge in [-0.2, -0.15) is 5.26 Å². The van der Waals surface area contributed by atoms with E-state index in [-0.39, 0.29) is 0 Å². The van der Waals surface area contributed by atoms with Crippen LogP contribution >= 0.6 is 0 Å². The summed E-state index contributed by atoms with van der Waals surface area (Å²) in [5.74, 6) is 0.476. The first-order chi connectivity index (χ1) is 14.6. The van der Waals surface area contributed by atoms with Crippen LogP contribution in [0.1, 0.15) is 70.8 Å². The topological polar surface area (TPSA) is 50.1 Å². The number of carbonyl (C=O) groups excluding carboxylic acids is 1. The molecule has 3 rings (SSSR count). The number of unbranched alkanes of at least 4 members (excludes halogenated alkanes) is 3. The smallest absolute Gasteiger partial charge is 0.331 e. The lowest BCUT2D eigenvalue weighted by atomic mass is 9.71. The number of hydrogen-bond donors (Lipinski definition) is 0. The molecule has 2 unspecified atom stereocenters. The van der Waals surface area contributed by atoms with E-state index in [2.05, 4.69) is 44.2 Å².